The Labute approximate surface area is 213 Å². The van der Waals surface area contributed by atoms with Gasteiger partial charge in [-0.2, -0.15) is 9.97 Å². The number of rotatable bonds is 3. The van der Waals surface area contributed by atoms with Crippen molar-refractivity contribution < 1.29 is 24.1 Å². The van der Waals surface area contributed by atoms with Crippen LogP contribution in [0, 0.1) is 0 Å². The molecule has 190 valence electrons. The highest BCUT2D eigenvalue weighted by molar-refractivity contribution is 6.28. The summed E-state index contributed by atoms with van der Waals surface area (Å²) >= 11 is 6.51. The molecule has 4 aliphatic rings. The van der Waals surface area contributed by atoms with Crippen molar-refractivity contribution in [1.82, 2.24) is 19.5 Å². The van der Waals surface area contributed by atoms with Crippen LogP contribution >= 0.6 is 11.6 Å². The van der Waals surface area contributed by atoms with Gasteiger partial charge in [-0.1, -0.05) is 18.2 Å². The van der Waals surface area contributed by atoms with E-state index in [2.05, 4.69) is 33.1 Å². The summed E-state index contributed by atoms with van der Waals surface area (Å²) in [4.78, 5) is 16.1. The fourth-order valence-corrected chi connectivity index (χ4v) is 6.45. The first-order valence-electron chi connectivity index (χ1n) is 12.4. The van der Waals surface area contributed by atoms with Crippen LogP contribution in [0.4, 0.5) is 11.5 Å². The Morgan fingerprint density at radius 3 is 2.69 bits per heavy atom. The van der Waals surface area contributed by atoms with Crippen LogP contribution in [0.3, 0.4) is 0 Å². The maximum Gasteiger partial charge on any atom is 0.226 e. The van der Waals surface area contributed by atoms with Crippen molar-refractivity contribution in [3.63, 3.8) is 0 Å². The molecule has 1 unspecified atom stereocenters. The lowest BCUT2D eigenvalue weighted by Crippen LogP contribution is -2.37. The predicted octanol–water partition coefficient (Wildman–Crippen LogP) is 3.09. The molecule has 6 heterocycles. The van der Waals surface area contributed by atoms with Crippen LogP contribution in [-0.2, 0) is 24.4 Å². The van der Waals surface area contributed by atoms with Crippen molar-refractivity contribution in [1.29, 1.82) is 0 Å². The van der Waals surface area contributed by atoms with E-state index in [0.717, 1.165) is 38.3 Å². The molecule has 0 amide bonds. The summed E-state index contributed by atoms with van der Waals surface area (Å²) in [5, 5.41) is 10.0. The number of imidazole rings is 1. The minimum Gasteiger partial charge on any atom is -0.394 e. The molecule has 3 saturated heterocycles. The average molecular weight is 514 g/mol. The van der Waals surface area contributed by atoms with Crippen molar-refractivity contribution in [2.45, 2.75) is 62.4 Å². The topological polar surface area (TPSA) is 104 Å². The summed E-state index contributed by atoms with van der Waals surface area (Å²) in [7, 11) is 0. The zero-order chi connectivity index (χ0) is 24.7. The van der Waals surface area contributed by atoms with Gasteiger partial charge >= 0.3 is 0 Å². The second-order valence-corrected chi connectivity index (χ2v) is 10.8. The molecule has 0 radical (unpaired) electrons. The fourth-order valence-electron chi connectivity index (χ4n) is 6.29. The highest BCUT2D eigenvalue weighted by atomic mass is 35.5. The van der Waals surface area contributed by atoms with Gasteiger partial charge in [0.25, 0.3) is 0 Å². The normalized spacial score (nSPS) is 30.3. The number of aliphatic hydroxyl groups is 1. The summed E-state index contributed by atoms with van der Waals surface area (Å²) in [6.07, 6.45) is 1.66. The predicted molar refractivity (Wildman–Crippen MR) is 130 cm³/mol. The van der Waals surface area contributed by atoms with E-state index in [9.17, 15) is 5.11 Å². The molecule has 0 saturated carbocycles. The molecule has 2 aromatic heterocycles. The molecular weight excluding hydrogens is 486 g/mol. The third-order valence-corrected chi connectivity index (χ3v) is 8.06. The minimum atomic E-state index is -0.781. The van der Waals surface area contributed by atoms with Gasteiger partial charge in [0.05, 0.1) is 12.9 Å². The number of hydrogen-bond acceptors (Lipinski definition) is 9. The molecule has 1 aromatic carbocycles. The SMILES string of the molecule is CC1(C)OC2[C@@H](CO)O[C@@H](n3cnc4c(N5CC6(CCOCC6)c6ccccc65)nc(Cl)nc43)[C@H]2O1. The number of para-hydroxylation sites is 1. The van der Waals surface area contributed by atoms with E-state index < -0.39 is 30.3 Å². The van der Waals surface area contributed by atoms with Crippen molar-refractivity contribution in [2.24, 2.45) is 0 Å². The van der Waals surface area contributed by atoms with E-state index in [4.69, 9.17) is 35.5 Å². The molecule has 0 bridgehead atoms. The molecule has 3 fully saturated rings. The number of nitrogens with zero attached hydrogens (tertiary/aromatic N) is 5. The summed E-state index contributed by atoms with van der Waals surface area (Å²) < 4.78 is 25.9. The van der Waals surface area contributed by atoms with Gasteiger partial charge in [0.15, 0.2) is 29.0 Å². The van der Waals surface area contributed by atoms with Crippen LogP contribution in [0.1, 0.15) is 38.5 Å². The van der Waals surface area contributed by atoms with E-state index in [1.54, 1.807) is 6.33 Å². The molecular formula is C25H28ClN5O5. The van der Waals surface area contributed by atoms with E-state index >= 15 is 0 Å². The average Bonchev–Trinajstić information content (AvgIpc) is 3.59. The fraction of sp³-hybridized carbons (Fsp3) is 0.560. The summed E-state index contributed by atoms with van der Waals surface area (Å²) in [6, 6.07) is 8.47. The molecule has 10 nitrogen and oxygen atoms in total. The lowest BCUT2D eigenvalue weighted by molar-refractivity contribution is -0.199. The largest absolute Gasteiger partial charge is 0.394 e. The molecule has 1 spiro atoms. The molecule has 4 atom stereocenters. The third-order valence-electron chi connectivity index (χ3n) is 7.89. The van der Waals surface area contributed by atoms with Crippen molar-refractivity contribution in [3.05, 3.63) is 41.4 Å². The van der Waals surface area contributed by atoms with Crippen LogP contribution in [0.5, 0.6) is 0 Å². The van der Waals surface area contributed by atoms with Gasteiger partial charge in [0.1, 0.15) is 18.3 Å². The molecule has 0 aliphatic carbocycles. The molecule has 3 aromatic rings. The van der Waals surface area contributed by atoms with Gasteiger partial charge in [-0.05, 0) is 49.9 Å². The number of aromatic nitrogens is 4. The lowest BCUT2D eigenvalue weighted by Gasteiger charge is -2.34. The van der Waals surface area contributed by atoms with Crippen LogP contribution in [0.15, 0.2) is 30.6 Å². The Morgan fingerprint density at radius 2 is 1.89 bits per heavy atom. The minimum absolute atomic E-state index is 0.00208. The number of hydrogen-bond donors (Lipinski definition) is 1. The van der Waals surface area contributed by atoms with Gasteiger partial charge < -0.3 is 29.0 Å². The van der Waals surface area contributed by atoms with Crippen molar-refractivity contribution >= 4 is 34.3 Å². The Kier molecular flexibility index (Phi) is 5.12. The number of aliphatic hydroxyl groups excluding tert-OH is 1. The summed E-state index contributed by atoms with van der Waals surface area (Å²) in [5.74, 6) is -0.118. The lowest BCUT2D eigenvalue weighted by atomic mass is 9.76. The van der Waals surface area contributed by atoms with E-state index in [0.29, 0.717) is 17.0 Å². The third kappa shape index (κ3) is 3.32. The van der Waals surface area contributed by atoms with Crippen LogP contribution in [0.25, 0.3) is 11.2 Å². The second-order valence-electron chi connectivity index (χ2n) is 10.4. The quantitative estimate of drug-likeness (QED) is 0.529. The van der Waals surface area contributed by atoms with Crippen LogP contribution in [-0.4, -0.2) is 75.1 Å². The van der Waals surface area contributed by atoms with E-state index in [1.807, 2.05) is 24.5 Å². The molecule has 7 rings (SSSR count). The highest BCUT2D eigenvalue weighted by Crippen LogP contribution is 2.50. The van der Waals surface area contributed by atoms with Gasteiger partial charge in [-0.3, -0.25) is 4.57 Å². The smallest absolute Gasteiger partial charge is 0.226 e. The number of fused-ring (bicyclic) bond motifs is 4. The van der Waals surface area contributed by atoms with Gasteiger partial charge in [0, 0.05) is 30.9 Å². The molecule has 11 heteroatoms. The van der Waals surface area contributed by atoms with Crippen LogP contribution < -0.4 is 4.90 Å². The monoisotopic (exact) mass is 513 g/mol. The molecule has 4 aliphatic heterocycles. The number of anilines is 2. The van der Waals surface area contributed by atoms with E-state index in [1.165, 1.54) is 5.56 Å². The van der Waals surface area contributed by atoms with Gasteiger partial charge in [0.2, 0.25) is 5.28 Å². The van der Waals surface area contributed by atoms with Crippen molar-refractivity contribution in [2.75, 3.05) is 31.3 Å². The first-order chi connectivity index (χ1) is 17.4. The number of ether oxygens (including phenoxy) is 4. The Balaban J connectivity index is 1.32. The zero-order valence-corrected chi connectivity index (χ0v) is 20.9. The number of halogens is 1. The van der Waals surface area contributed by atoms with E-state index in [-0.39, 0.29) is 17.3 Å². The first kappa shape index (κ1) is 22.8. The maximum absolute atomic E-state index is 9.91. The van der Waals surface area contributed by atoms with Gasteiger partial charge in [-0.15, -0.1) is 0 Å². The van der Waals surface area contributed by atoms with Gasteiger partial charge in [-0.25, -0.2) is 4.98 Å². The Hall–Kier alpha value is -2.34. The molecule has 1 N–H and O–H groups in total. The summed E-state index contributed by atoms with van der Waals surface area (Å²) in [5.41, 5.74) is 3.59. The maximum atomic E-state index is 9.91. The zero-order valence-electron chi connectivity index (χ0n) is 20.1. The Morgan fingerprint density at radius 1 is 1.11 bits per heavy atom. The molecule has 36 heavy (non-hydrogen) atoms. The Bertz CT molecular complexity index is 1330. The van der Waals surface area contributed by atoms with Crippen molar-refractivity contribution in [3.8, 4) is 0 Å². The first-order valence-corrected chi connectivity index (χ1v) is 12.7. The summed E-state index contributed by atoms with van der Waals surface area (Å²) in [6.45, 7) is 5.79. The highest BCUT2D eigenvalue weighted by Gasteiger charge is 2.56. The number of benzene rings is 1. The van der Waals surface area contributed by atoms with Crippen LogP contribution in [0.2, 0.25) is 5.28 Å². The standard InChI is InChI=1S/C25H28ClN5O5/c1-24(2)35-18-16(11-32)34-22(19(18)36-24)31-13-27-17-20(28-23(26)29-21(17)31)30-12-25(7-9-33-10-8-25)14-5-3-4-6-15(14)30/h3-6,13,16,18-19,22,32H,7-12H2,1-2H3/t16-,18?,19+,22-/m1/s1. The second kappa shape index (κ2) is 8.08.